The quantitative estimate of drug-likeness (QED) is 0.779. The highest BCUT2D eigenvalue weighted by Crippen LogP contribution is 2.21. The number of rotatable bonds is 5. The minimum atomic E-state index is -3.26. The summed E-state index contributed by atoms with van der Waals surface area (Å²) in [5, 5.41) is 9.20. The van der Waals surface area contributed by atoms with E-state index in [4.69, 9.17) is 0 Å². The Morgan fingerprint density at radius 3 is 2.62 bits per heavy atom. The Balaban J connectivity index is 2.80. The number of sulfonamides is 1. The smallest absolute Gasteiger partial charge is 0.232 e. The fourth-order valence-electron chi connectivity index (χ4n) is 1.32. The van der Waals surface area contributed by atoms with Crippen LogP contribution in [0, 0.1) is 6.92 Å². The van der Waals surface area contributed by atoms with Crippen molar-refractivity contribution in [1.29, 1.82) is 0 Å². The maximum Gasteiger partial charge on any atom is 0.232 e. The zero-order valence-corrected chi connectivity index (χ0v) is 10.3. The van der Waals surface area contributed by atoms with Crippen LogP contribution in [-0.4, -0.2) is 19.3 Å². The number of unbranched alkanes of at least 4 members (excludes halogenated alkanes) is 1. The van der Waals surface area contributed by atoms with E-state index in [2.05, 4.69) is 4.72 Å². The summed E-state index contributed by atoms with van der Waals surface area (Å²) in [6, 6.07) is 4.55. The molecule has 4 nitrogen and oxygen atoms in total. The van der Waals surface area contributed by atoms with E-state index in [9.17, 15) is 13.5 Å². The number of hydrogen-bond donors (Lipinski definition) is 2. The average molecular weight is 243 g/mol. The molecule has 0 saturated heterocycles. The van der Waals surface area contributed by atoms with Crippen molar-refractivity contribution in [2.24, 2.45) is 0 Å². The fraction of sp³-hybridized carbons (Fsp3) is 0.455. The highest BCUT2D eigenvalue weighted by molar-refractivity contribution is 7.92. The van der Waals surface area contributed by atoms with E-state index in [0.717, 1.165) is 6.42 Å². The summed E-state index contributed by atoms with van der Waals surface area (Å²) in [6.07, 6.45) is 1.49. The first-order valence-corrected chi connectivity index (χ1v) is 6.90. The number of phenols is 1. The number of phenolic OH excluding ortho intramolecular Hbond substituents is 1. The molecule has 5 heteroatoms. The number of aryl methyl sites for hydroxylation is 1. The van der Waals surface area contributed by atoms with Crippen molar-refractivity contribution in [2.75, 3.05) is 10.5 Å². The highest BCUT2D eigenvalue weighted by atomic mass is 32.2. The molecule has 1 rings (SSSR count). The second-order valence-corrected chi connectivity index (χ2v) is 5.62. The highest BCUT2D eigenvalue weighted by Gasteiger charge is 2.10. The Kier molecular flexibility index (Phi) is 4.18. The molecular weight excluding hydrogens is 226 g/mol. The van der Waals surface area contributed by atoms with Crippen LogP contribution in [0.3, 0.4) is 0 Å². The molecule has 0 aromatic heterocycles. The molecule has 0 fully saturated rings. The number of benzene rings is 1. The van der Waals surface area contributed by atoms with Crippen LogP contribution in [0.1, 0.15) is 25.3 Å². The molecule has 1 aromatic rings. The summed E-state index contributed by atoms with van der Waals surface area (Å²) in [5.41, 5.74) is 1.23. The van der Waals surface area contributed by atoms with Crippen LogP contribution in [0.5, 0.6) is 5.75 Å². The molecule has 0 unspecified atom stereocenters. The molecule has 0 bridgehead atoms. The second-order valence-electron chi connectivity index (χ2n) is 3.77. The van der Waals surface area contributed by atoms with Crippen LogP contribution >= 0.6 is 0 Å². The van der Waals surface area contributed by atoms with Crippen LogP contribution in [0.2, 0.25) is 0 Å². The lowest BCUT2D eigenvalue weighted by Crippen LogP contribution is -2.17. The first kappa shape index (κ1) is 12.8. The van der Waals surface area contributed by atoms with Gasteiger partial charge in [-0.2, -0.15) is 0 Å². The Hall–Kier alpha value is -1.23. The maximum absolute atomic E-state index is 11.6. The van der Waals surface area contributed by atoms with Crippen LogP contribution in [-0.2, 0) is 10.0 Å². The van der Waals surface area contributed by atoms with Gasteiger partial charge in [-0.15, -0.1) is 0 Å². The molecule has 0 spiro atoms. The van der Waals surface area contributed by atoms with Crippen LogP contribution in [0.4, 0.5) is 5.69 Å². The van der Waals surface area contributed by atoms with Gasteiger partial charge < -0.3 is 5.11 Å². The predicted molar refractivity (Wildman–Crippen MR) is 65.2 cm³/mol. The topological polar surface area (TPSA) is 66.4 Å². The van der Waals surface area contributed by atoms with Crippen molar-refractivity contribution in [1.82, 2.24) is 0 Å². The van der Waals surface area contributed by atoms with E-state index in [1.54, 1.807) is 13.0 Å². The molecule has 0 radical (unpaired) electrons. The van der Waals surface area contributed by atoms with Gasteiger partial charge in [0.2, 0.25) is 10.0 Å². The zero-order chi connectivity index (χ0) is 12.2. The lowest BCUT2D eigenvalue weighted by Gasteiger charge is -2.10. The molecule has 0 aliphatic carbocycles. The lowest BCUT2D eigenvalue weighted by atomic mass is 10.2. The molecule has 0 aliphatic heterocycles. The second kappa shape index (κ2) is 5.21. The monoisotopic (exact) mass is 243 g/mol. The Morgan fingerprint density at radius 2 is 2.06 bits per heavy atom. The van der Waals surface area contributed by atoms with Gasteiger partial charge in [0.15, 0.2) is 0 Å². The van der Waals surface area contributed by atoms with Crippen molar-refractivity contribution in [3.63, 3.8) is 0 Å². The van der Waals surface area contributed by atoms with Crippen molar-refractivity contribution in [3.8, 4) is 5.75 Å². The van der Waals surface area contributed by atoms with Crippen molar-refractivity contribution < 1.29 is 13.5 Å². The molecule has 0 heterocycles. The summed E-state index contributed by atoms with van der Waals surface area (Å²) in [4.78, 5) is 0. The molecule has 0 aliphatic rings. The van der Waals surface area contributed by atoms with E-state index >= 15 is 0 Å². The molecular formula is C11H17NO3S. The first-order valence-electron chi connectivity index (χ1n) is 5.24. The summed E-state index contributed by atoms with van der Waals surface area (Å²) < 4.78 is 25.8. The molecule has 0 atom stereocenters. The van der Waals surface area contributed by atoms with E-state index in [1.165, 1.54) is 12.1 Å². The fourth-order valence-corrected chi connectivity index (χ4v) is 2.65. The van der Waals surface area contributed by atoms with Gasteiger partial charge in [0, 0.05) is 0 Å². The first-order chi connectivity index (χ1) is 7.44. The van der Waals surface area contributed by atoms with E-state index in [0.29, 0.717) is 17.7 Å². The van der Waals surface area contributed by atoms with Gasteiger partial charge in [0.25, 0.3) is 0 Å². The third-order valence-electron chi connectivity index (χ3n) is 2.24. The van der Waals surface area contributed by atoms with Crippen molar-refractivity contribution >= 4 is 15.7 Å². The Bertz CT molecular complexity index is 454. The number of hydrogen-bond acceptors (Lipinski definition) is 3. The lowest BCUT2D eigenvalue weighted by molar-refractivity contribution is 0.475. The van der Waals surface area contributed by atoms with Gasteiger partial charge >= 0.3 is 0 Å². The minimum absolute atomic E-state index is 0.129. The molecule has 0 amide bonds. The van der Waals surface area contributed by atoms with Gasteiger partial charge in [-0.25, -0.2) is 8.42 Å². The van der Waals surface area contributed by atoms with Crippen LogP contribution in [0.25, 0.3) is 0 Å². The Morgan fingerprint density at radius 1 is 1.38 bits per heavy atom. The van der Waals surface area contributed by atoms with E-state index in [-0.39, 0.29) is 11.5 Å². The van der Waals surface area contributed by atoms with E-state index in [1.807, 2.05) is 6.92 Å². The van der Waals surface area contributed by atoms with Gasteiger partial charge in [-0.05, 0) is 37.1 Å². The normalized spacial score (nSPS) is 11.4. The third-order valence-corrected chi connectivity index (χ3v) is 3.60. The van der Waals surface area contributed by atoms with Gasteiger partial charge in [-0.3, -0.25) is 4.72 Å². The van der Waals surface area contributed by atoms with Gasteiger partial charge in [-0.1, -0.05) is 13.3 Å². The van der Waals surface area contributed by atoms with Crippen LogP contribution < -0.4 is 4.72 Å². The van der Waals surface area contributed by atoms with Crippen molar-refractivity contribution in [2.45, 2.75) is 26.7 Å². The number of anilines is 1. The maximum atomic E-state index is 11.6. The molecule has 2 N–H and O–H groups in total. The van der Waals surface area contributed by atoms with E-state index < -0.39 is 10.0 Å². The molecule has 1 aromatic carbocycles. The van der Waals surface area contributed by atoms with Gasteiger partial charge in [0.1, 0.15) is 5.75 Å². The summed E-state index contributed by atoms with van der Waals surface area (Å²) in [7, 11) is -3.26. The standard InChI is InChI=1S/C11H17NO3S/c1-3-4-7-16(14,15)12-11-6-5-10(13)8-9(11)2/h5-6,8,12-13H,3-4,7H2,1-2H3. The number of aromatic hydroxyl groups is 1. The predicted octanol–water partition coefficient (Wildman–Crippen LogP) is 2.24. The van der Waals surface area contributed by atoms with Crippen LogP contribution in [0.15, 0.2) is 18.2 Å². The largest absolute Gasteiger partial charge is 0.508 e. The third kappa shape index (κ3) is 3.73. The molecule has 0 saturated carbocycles. The Labute approximate surface area is 96.4 Å². The van der Waals surface area contributed by atoms with Crippen molar-refractivity contribution in [3.05, 3.63) is 23.8 Å². The minimum Gasteiger partial charge on any atom is -0.508 e. The summed E-state index contributed by atoms with van der Waals surface area (Å²) >= 11 is 0. The average Bonchev–Trinajstić information content (AvgIpc) is 2.19. The number of nitrogens with one attached hydrogen (secondary N) is 1. The zero-order valence-electron chi connectivity index (χ0n) is 9.53. The molecule has 90 valence electrons. The SMILES string of the molecule is CCCCS(=O)(=O)Nc1ccc(O)cc1C. The summed E-state index contributed by atoms with van der Waals surface area (Å²) in [6.45, 7) is 3.69. The molecule has 16 heavy (non-hydrogen) atoms. The summed E-state index contributed by atoms with van der Waals surface area (Å²) in [5.74, 6) is 0.262. The van der Waals surface area contributed by atoms with Gasteiger partial charge in [0.05, 0.1) is 11.4 Å².